The third-order valence-corrected chi connectivity index (χ3v) is 2.99. The van der Waals surface area contributed by atoms with Crippen LogP contribution in [0.2, 0.25) is 5.02 Å². The first-order valence-corrected chi connectivity index (χ1v) is 6.19. The van der Waals surface area contributed by atoms with Gasteiger partial charge in [0, 0.05) is 23.4 Å². The zero-order valence-electron chi connectivity index (χ0n) is 10.0. The molecule has 0 fully saturated rings. The molecule has 1 aromatic carbocycles. The van der Waals surface area contributed by atoms with Gasteiger partial charge in [-0.2, -0.15) is 9.97 Å². The van der Waals surface area contributed by atoms with Crippen LogP contribution in [0.1, 0.15) is 0 Å². The first-order chi connectivity index (χ1) is 9.78. The largest absolute Gasteiger partial charge is 0.423 e. The van der Waals surface area contributed by atoms with E-state index in [0.717, 1.165) is 0 Å². The Hall–Kier alpha value is -2.60. The van der Waals surface area contributed by atoms with Crippen molar-refractivity contribution in [1.29, 1.82) is 0 Å². The second-order valence-corrected chi connectivity index (χ2v) is 4.55. The van der Waals surface area contributed by atoms with Gasteiger partial charge in [-0.25, -0.2) is 0 Å². The number of fused-ring (bicyclic) bond motifs is 2. The normalized spacial score (nSPS) is 11.2. The van der Waals surface area contributed by atoms with E-state index in [1.165, 1.54) is 0 Å². The van der Waals surface area contributed by atoms with E-state index < -0.39 is 0 Å². The molecular formula is C13H7ClN4O2. The number of anilines is 2. The molecule has 3 aromatic heterocycles. The van der Waals surface area contributed by atoms with Crippen LogP contribution in [0.3, 0.4) is 0 Å². The summed E-state index contributed by atoms with van der Waals surface area (Å²) in [4.78, 5) is 12.5. The molecule has 0 saturated heterocycles. The number of nitrogens with one attached hydrogen (secondary N) is 1. The minimum atomic E-state index is 0.293. The number of oxazole rings is 2. The van der Waals surface area contributed by atoms with Crippen LogP contribution in [0.4, 0.5) is 12.0 Å². The van der Waals surface area contributed by atoms with Crippen LogP contribution >= 0.6 is 11.6 Å². The fraction of sp³-hybridized carbons (Fsp3) is 0. The average Bonchev–Trinajstić information content (AvgIpc) is 3.00. The van der Waals surface area contributed by atoms with Crippen LogP contribution in [0.25, 0.3) is 22.2 Å². The summed E-state index contributed by atoms with van der Waals surface area (Å²) in [6, 6.07) is 7.56. The molecule has 98 valence electrons. The summed E-state index contributed by atoms with van der Waals surface area (Å²) in [5.41, 5.74) is 2.60. The van der Waals surface area contributed by atoms with Crippen molar-refractivity contribution >= 4 is 45.8 Å². The minimum absolute atomic E-state index is 0.293. The molecule has 20 heavy (non-hydrogen) atoms. The summed E-state index contributed by atoms with van der Waals surface area (Å²) in [5.74, 6) is 0. The van der Waals surface area contributed by atoms with Gasteiger partial charge in [0.05, 0.1) is 6.20 Å². The van der Waals surface area contributed by atoms with Gasteiger partial charge in [-0.15, -0.1) is 0 Å². The highest BCUT2D eigenvalue weighted by Gasteiger charge is 2.10. The van der Waals surface area contributed by atoms with Gasteiger partial charge in [0.15, 0.2) is 11.2 Å². The lowest BCUT2D eigenvalue weighted by Crippen LogP contribution is -1.89. The van der Waals surface area contributed by atoms with Gasteiger partial charge in [-0.05, 0) is 12.1 Å². The Morgan fingerprint density at radius 2 is 1.75 bits per heavy atom. The summed E-state index contributed by atoms with van der Waals surface area (Å²) in [6.07, 6.45) is 3.26. The number of hydrogen-bond donors (Lipinski definition) is 1. The van der Waals surface area contributed by atoms with Crippen LogP contribution in [0, 0.1) is 0 Å². The van der Waals surface area contributed by atoms with Gasteiger partial charge in [0.1, 0.15) is 11.0 Å². The lowest BCUT2D eigenvalue weighted by atomic mass is 10.3. The quantitative estimate of drug-likeness (QED) is 0.604. The second kappa shape index (κ2) is 4.21. The molecule has 0 bridgehead atoms. The maximum absolute atomic E-state index is 5.90. The Morgan fingerprint density at radius 1 is 0.950 bits per heavy atom. The zero-order valence-corrected chi connectivity index (χ0v) is 10.8. The van der Waals surface area contributed by atoms with Gasteiger partial charge in [-0.3, -0.25) is 10.3 Å². The molecule has 6 nitrogen and oxygen atoms in total. The molecule has 0 spiro atoms. The average molecular weight is 287 g/mol. The number of nitrogens with zero attached hydrogens (tertiary/aromatic N) is 3. The molecule has 0 aliphatic rings. The van der Waals surface area contributed by atoms with Crippen LogP contribution in [0.5, 0.6) is 0 Å². The number of rotatable bonds is 2. The molecule has 0 radical (unpaired) electrons. The molecule has 0 amide bonds. The molecular weight excluding hydrogens is 280 g/mol. The van der Waals surface area contributed by atoms with Crippen molar-refractivity contribution < 1.29 is 8.83 Å². The molecule has 0 atom stereocenters. The van der Waals surface area contributed by atoms with E-state index in [0.29, 0.717) is 39.3 Å². The summed E-state index contributed by atoms with van der Waals surface area (Å²) < 4.78 is 11.0. The van der Waals surface area contributed by atoms with Gasteiger partial charge in [0.2, 0.25) is 0 Å². The maximum atomic E-state index is 5.90. The molecule has 1 N–H and O–H groups in total. The highest BCUT2D eigenvalue weighted by molar-refractivity contribution is 6.31. The molecule has 4 aromatic rings. The predicted octanol–water partition coefficient (Wildman–Crippen LogP) is 3.76. The Bertz CT molecular complexity index is 882. The van der Waals surface area contributed by atoms with Crippen LogP contribution in [-0.4, -0.2) is 15.0 Å². The van der Waals surface area contributed by atoms with Crippen molar-refractivity contribution in [1.82, 2.24) is 15.0 Å². The van der Waals surface area contributed by atoms with Crippen molar-refractivity contribution in [3.8, 4) is 0 Å². The monoisotopic (exact) mass is 286 g/mol. The van der Waals surface area contributed by atoms with E-state index in [1.54, 1.807) is 36.7 Å². The maximum Gasteiger partial charge on any atom is 0.303 e. The Balaban J connectivity index is 1.72. The van der Waals surface area contributed by atoms with E-state index in [9.17, 15) is 0 Å². The van der Waals surface area contributed by atoms with Crippen LogP contribution in [-0.2, 0) is 0 Å². The lowest BCUT2D eigenvalue weighted by molar-refractivity contribution is 0.591. The fourth-order valence-electron chi connectivity index (χ4n) is 1.88. The van der Waals surface area contributed by atoms with Crippen molar-refractivity contribution in [2.45, 2.75) is 0 Å². The lowest BCUT2D eigenvalue weighted by Gasteiger charge is -1.92. The van der Waals surface area contributed by atoms with E-state index in [2.05, 4.69) is 20.3 Å². The Kier molecular flexibility index (Phi) is 2.37. The predicted molar refractivity (Wildman–Crippen MR) is 74.1 cm³/mol. The van der Waals surface area contributed by atoms with Crippen molar-refractivity contribution in [3.63, 3.8) is 0 Å². The molecule has 7 heteroatoms. The number of halogens is 1. The SMILES string of the molecule is Clc1ccc2nc(Nc3nc4cnccc4o3)oc2c1. The molecule has 3 heterocycles. The van der Waals surface area contributed by atoms with E-state index in [4.69, 9.17) is 20.4 Å². The molecule has 0 unspecified atom stereocenters. The third kappa shape index (κ3) is 1.86. The molecule has 0 saturated carbocycles. The molecule has 0 aliphatic heterocycles. The van der Waals surface area contributed by atoms with Crippen molar-refractivity contribution in [2.24, 2.45) is 0 Å². The molecule has 0 aliphatic carbocycles. The molecule has 4 rings (SSSR count). The smallest absolute Gasteiger partial charge is 0.303 e. The number of benzene rings is 1. The first kappa shape index (κ1) is 11.2. The van der Waals surface area contributed by atoms with Gasteiger partial charge in [0.25, 0.3) is 0 Å². The highest BCUT2D eigenvalue weighted by atomic mass is 35.5. The van der Waals surface area contributed by atoms with Crippen molar-refractivity contribution in [3.05, 3.63) is 41.7 Å². The first-order valence-electron chi connectivity index (χ1n) is 5.82. The number of pyridine rings is 1. The summed E-state index contributed by atoms with van der Waals surface area (Å²) in [6.45, 7) is 0. The van der Waals surface area contributed by atoms with E-state index in [-0.39, 0.29) is 0 Å². The van der Waals surface area contributed by atoms with E-state index >= 15 is 0 Å². The number of aromatic nitrogens is 3. The number of hydrogen-bond acceptors (Lipinski definition) is 6. The summed E-state index contributed by atoms with van der Waals surface area (Å²) in [5, 5.41) is 3.47. The van der Waals surface area contributed by atoms with Gasteiger partial charge < -0.3 is 8.83 Å². The summed E-state index contributed by atoms with van der Waals surface area (Å²) >= 11 is 5.90. The minimum Gasteiger partial charge on any atom is -0.423 e. The topological polar surface area (TPSA) is 77.0 Å². The zero-order chi connectivity index (χ0) is 13.5. The Morgan fingerprint density at radius 3 is 2.60 bits per heavy atom. The van der Waals surface area contributed by atoms with Gasteiger partial charge in [-0.1, -0.05) is 11.6 Å². The second-order valence-electron chi connectivity index (χ2n) is 4.12. The standard InChI is InChI=1S/C13H7ClN4O2/c14-7-1-2-8-11(5-7)20-12(16-8)18-13-17-9-6-15-4-3-10(9)19-13/h1-6H,(H,16,17,18). The van der Waals surface area contributed by atoms with Crippen LogP contribution < -0.4 is 5.32 Å². The van der Waals surface area contributed by atoms with Crippen LogP contribution in [0.15, 0.2) is 45.5 Å². The van der Waals surface area contributed by atoms with E-state index in [1.807, 2.05) is 0 Å². The highest BCUT2D eigenvalue weighted by Crippen LogP contribution is 2.25. The third-order valence-electron chi connectivity index (χ3n) is 2.75. The van der Waals surface area contributed by atoms with Gasteiger partial charge >= 0.3 is 12.0 Å². The van der Waals surface area contributed by atoms with Crippen molar-refractivity contribution in [2.75, 3.05) is 5.32 Å². The summed E-state index contributed by atoms with van der Waals surface area (Å²) in [7, 11) is 0. The Labute approximate surface area is 117 Å². The fourth-order valence-corrected chi connectivity index (χ4v) is 2.04.